The van der Waals surface area contributed by atoms with Gasteiger partial charge in [-0.3, -0.25) is 4.79 Å². The fraction of sp³-hybridized carbons (Fsp3) is 0.632. The Hall–Kier alpha value is -1.35. The molecule has 0 aliphatic heterocycles. The van der Waals surface area contributed by atoms with Crippen molar-refractivity contribution in [2.75, 3.05) is 20.6 Å². The third-order valence-electron chi connectivity index (χ3n) is 5.21. The number of hydrogen-bond donors (Lipinski definition) is 1. The van der Waals surface area contributed by atoms with Crippen LogP contribution in [0.3, 0.4) is 0 Å². The van der Waals surface area contributed by atoms with E-state index in [9.17, 15) is 4.79 Å². The first-order chi connectivity index (χ1) is 10.5. The molecule has 1 fully saturated rings. The molecule has 0 unspecified atom stereocenters. The van der Waals surface area contributed by atoms with Gasteiger partial charge in [0.1, 0.15) is 0 Å². The van der Waals surface area contributed by atoms with E-state index in [2.05, 4.69) is 37.3 Å². The molecule has 3 heteroatoms. The highest BCUT2D eigenvalue weighted by molar-refractivity contribution is 5.79. The molecule has 122 valence electrons. The summed E-state index contributed by atoms with van der Waals surface area (Å²) in [6.07, 6.45) is 8.04. The Morgan fingerprint density at radius 3 is 2.36 bits per heavy atom. The van der Waals surface area contributed by atoms with E-state index in [1.165, 1.54) is 44.1 Å². The minimum atomic E-state index is 0.137. The third kappa shape index (κ3) is 4.33. The van der Waals surface area contributed by atoms with Crippen LogP contribution in [0.2, 0.25) is 0 Å². The number of carbonyl (C=O) groups excluding carboxylic acids is 1. The van der Waals surface area contributed by atoms with E-state index >= 15 is 0 Å². The van der Waals surface area contributed by atoms with Crippen LogP contribution in [0.1, 0.15) is 49.7 Å². The second-order valence-electron chi connectivity index (χ2n) is 6.91. The summed E-state index contributed by atoms with van der Waals surface area (Å²) in [6.45, 7) is 2.83. The quantitative estimate of drug-likeness (QED) is 0.846. The van der Waals surface area contributed by atoms with Crippen LogP contribution in [0.5, 0.6) is 0 Å². The topological polar surface area (TPSA) is 32.3 Å². The van der Waals surface area contributed by atoms with Crippen molar-refractivity contribution in [3.63, 3.8) is 0 Å². The summed E-state index contributed by atoms with van der Waals surface area (Å²) in [6, 6.07) is 8.13. The van der Waals surface area contributed by atoms with Gasteiger partial charge in [-0.05, 0) is 45.0 Å². The number of benzene rings is 1. The number of likely N-dealkylation sites (N-methyl/N-ethyl adjacent to an activating group) is 1. The highest BCUT2D eigenvalue weighted by atomic mass is 16.1. The van der Waals surface area contributed by atoms with Crippen LogP contribution in [0.4, 0.5) is 0 Å². The van der Waals surface area contributed by atoms with E-state index in [-0.39, 0.29) is 11.4 Å². The molecular weight excluding hydrogens is 272 g/mol. The molecule has 3 nitrogen and oxygen atoms in total. The van der Waals surface area contributed by atoms with E-state index in [0.29, 0.717) is 6.42 Å². The molecule has 1 aliphatic carbocycles. The number of rotatable bonds is 5. The zero-order valence-corrected chi connectivity index (χ0v) is 14.3. The zero-order valence-electron chi connectivity index (χ0n) is 14.3. The molecule has 0 spiro atoms. The zero-order chi connectivity index (χ0) is 16.0. The van der Waals surface area contributed by atoms with Crippen molar-refractivity contribution in [2.45, 2.75) is 57.4 Å². The lowest BCUT2D eigenvalue weighted by atomic mass is 9.88. The SMILES string of the molecule is Cc1ccccc1CC(=O)NCC1(N(C)C)CCCCCC1. The number of carbonyl (C=O) groups is 1. The molecule has 1 amide bonds. The number of amides is 1. The van der Waals surface area contributed by atoms with Gasteiger partial charge in [-0.15, -0.1) is 0 Å². The molecular formula is C19H30N2O. The second kappa shape index (κ2) is 7.77. The minimum absolute atomic E-state index is 0.137. The molecule has 0 bridgehead atoms. The summed E-state index contributed by atoms with van der Waals surface area (Å²) < 4.78 is 0. The maximum Gasteiger partial charge on any atom is 0.224 e. The normalized spacial score (nSPS) is 18.0. The Kier molecular flexibility index (Phi) is 6.01. The van der Waals surface area contributed by atoms with Crippen LogP contribution in [0.25, 0.3) is 0 Å². The highest BCUT2D eigenvalue weighted by Gasteiger charge is 2.33. The fourth-order valence-electron chi connectivity index (χ4n) is 3.48. The third-order valence-corrected chi connectivity index (χ3v) is 5.21. The minimum Gasteiger partial charge on any atom is -0.354 e. The average Bonchev–Trinajstić information content (AvgIpc) is 2.74. The van der Waals surface area contributed by atoms with Crippen molar-refractivity contribution < 1.29 is 4.79 Å². The van der Waals surface area contributed by atoms with E-state index < -0.39 is 0 Å². The predicted octanol–water partition coefficient (Wildman–Crippen LogP) is 3.31. The van der Waals surface area contributed by atoms with E-state index in [1.54, 1.807) is 0 Å². The summed E-state index contributed by atoms with van der Waals surface area (Å²) >= 11 is 0. The maximum atomic E-state index is 12.3. The number of nitrogens with zero attached hydrogens (tertiary/aromatic N) is 1. The molecule has 0 aromatic heterocycles. The van der Waals surface area contributed by atoms with Crippen LogP contribution >= 0.6 is 0 Å². The first-order valence-electron chi connectivity index (χ1n) is 8.52. The Morgan fingerprint density at radius 2 is 1.77 bits per heavy atom. The summed E-state index contributed by atoms with van der Waals surface area (Å²) in [7, 11) is 4.30. The molecule has 22 heavy (non-hydrogen) atoms. The lowest BCUT2D eigenvalue weighted by Crippen LogP contribution is -2.52. The monoisotopic (exact) mass is 302 g/mol. The Morgan fingerprint density at radius 1 is 1.14 bits per heavy atom. The van der Waals surface area contributed by atoms with Crippen LogP contribution in [0.15, 0.2) is 24.3 Å². The van der Waals surface area contributed by atoms with Crippen LogP contribution in [0, 0.1) is 6.92 Å². The lowest BCUT2D eigenvalue weighted by molar-refractivity contribution is -0.121. The number of aryl methyl sites for hydroxylation is 1. The molecule has 0 saturated heterocycles. The molecule has 1 N–H and O–H groups in total. The van der Waals surface area contributed by atoms with Crippen LogP contribution < -0.4 is 5.32 Å². The highest BCUT2D eigenvalue weighted by Crippen LogP contribution is 2.30. The Balaban J connectivity index is 1.94. The number of nitrogens with one attached hydrogen (secondary N) is 1. The van der Waals surface area contributed by atoms with Crippen molar-refractivity contribution in [2.24, 2.45) is 0 Å². The van der Waals surface area contributed by atoms with E-state index in [4.69, 9.17) is 0 Å². The molecule has 1 aromatic carbocycles. The van der Waals surface area contributed by atoms with E-state index in [1.807, 2.05) is 18.2 Å². The Labute approximate surface area is 135 Å². The van der Waals surface area contributed by atoms with Gasteiger partial charge in [0.25, 0.3) is 0 Å². The summed E-state index contributed by atoms with van der Waals surface area (Å²) in [4.78, 5) is 14.7. The van der Waals surface area contributed by atoms with Gasteiger partial charge in [-0.1, -0.05) is 49.9 Å². The molecule has 0 radical (unpaired) electrons. The standard InChI is InChI=1S/C19H30N2O/c1-16-10-6-7-11-17(16)14-18(22)20-15-19(21(2)3)12-8-4-5-9-13-19/h6-7,10-11H,4-5,8-9,12-15H2,1-3H3,(H,20,22). The smallest absolute Gasteiger partial charge is 0.224 e. The molecule has 1 aromatic rings. The summed E-state index contributed by atoms with van der Waals surface area (Å²) in [5.74, 6) is 0.139. The fourth-order valence-corrected chi connectivity index (χ4v) is 3.48. The molecule has 2 rings (SSSR count). The largest absolute Gasteiger partial charge is 0.354 e. The second-order valence-corrected chi connectivity index (χ2v) is 6.91. The van der Waals surface area contributed by atoms with Crippen molar-refractivity contribution in [3.8, 4) is 0 Å². The maximum absolute atomic E-state index is 12.3. The van der Waals surface area contributed by atoms with Gasteiger partial charge < -0.3 is 10.2 Å². The molecule has 1 aliphatic rings. The van der Waals surface area contributed by atoms with E-state index in [0.717, 1.165) is 12.1 Å². The number of hydrogen-bond acceptors (Lipinski definition) is 2. The van der Waals surface area contributed by atoms with Crippen molar-refractivity contribution >= 4 is 5.91 Å². The van der Waals surface area contributed by atoms with Gasteiger partial charge in [-0.25, -0.2) is 0 Å². The van der Waals surface area contributed by atoms with Gasteiger partial charge in [0.15, 0.2) is 0 Å². The average molecular weight is 302 g/mol. The predicted molar refractivity (Wildman–Crippen MR) is 92.0 cm³/mol. The van der Waals surface area contributed by atoms with Gasteiger partial charge in [-0.2, -0.15) is 0 Å². The molecule has 0 heterocycles. The van der Waals surface area contributed by atoms with Gasteiger partial charge in [0.05, 0.1) is 6.42 Å². The van der Waals surface area contributed by atoms with Gasteiger partial charge >= 0.3 is 0 Å². The first-order valence-corrected chi connectivity index (χ1v) is 8.52. The van der Waals surface area contributed by atoms with Crippen molar-refractivity contribution in [1.82, 2.24) is 10.2 Å². The molecule has 0 atom stereocenters. The molecule has 1 saturated carbocycles. The van der Waals surface area contributed by atoms with Gasteiger partial charge in [0.2, 0.25) is 5.91 Å². The van der Waals surface area contributed by atoms with Crippen molar-refractivity contribution in [3.05, 3.63) is 35.4 Å². The van der Waals surface area contributed by atoms with Crippen molar-refractivity contribution in [1.29, 1.82) is 0 Å². The lowest BCUT2D eigenvalue weighted by Gasteiger charge is -2.39. The summed E-state index contributed by atoms with van der Waals surface area (Å²) in [5.41, 5.74) is 2.45. The first kappa shape index (κ1) is 17.0. The Bertz CT molecular complexity index is 488. The van der Waals surface area contributed by atoms with Crippen LogP contribution in [-0.4, -0.2) is 37.0 Å². The van der Waals surface area contributed by atoms with Crippen LogP contribution in [-0.2, 0) is 11.2 Å². The van der Waals surface area contributed by atoms with Gasteiger partial charge in [0, 0.05) is 12.1 Å². The summed E-state index contributed by atoms with van der Waals surface area (Å²) in [5, 5.41) is 3.20.